The van der Waals surface area contributed by atoms with Gasteiger partial charge < -0.3 is 10.1 Å². The molecule has 2 aliphatic heterocycles. The third-order valence-corrected chi connectivity index (χ3v) is 2.76. The van der Waals surface area contributed by atoms with Crippen molar-refractivity contribution in [2.45, 2.75) is 25.5 Å². The number of rotatable bonds is 0. The fourth-order valence-corrected chi connectivity index (χ4v) is 2.05. The van der Waals surface area contributed by atoms with Crippen molar-refractivity contribution in [1.82, 2.24) is 10.2 Å². The van der Waals surface area contributed by atoms with E-state index in [2.05, 4.69) is 17.1 Å². The molecule has 3 heteroatoms. The topological polar surface area (TPSA) is 24.5 Å². The highest BCUT2D eigenvalue weighted by molar-refractivity contribution is 4.82. The molecule has 0 aromatic rings. The quantitative estimate of drug-likeness (QED) is 0.557. The molecule has 0 aliphatic carbocycles. The van der Waals surface area contributed by atoms with Crippen molar-refractivity contribution < 1.29 is 4.74 Å². The van der Waals surface area contributed by atoms with Crippen molar-refractivity contribution in [2.24, 2.45) is 0 Å². The molecule has 2 saturated heterocycles. The summed E-state index contributed by atoms with van der Waals surface area (Å²) in [6.45, 7) is 7.70. The van der Waals surface area contributed by atoms with Gasteiger partial charge in [-0.1, -0.05) is 0 Å². The molecule has 2 fully saturated rings. The molecule has 1 unspecified atom stereocenters. The minimum absolute atomic E-state index is 0.430. The molecular formula is C9H18N2O. The summed E-state index contributed by atoms with van der Waals surface area (Å²) in [7, 11) is 0. The highest BCUT2D eigenvalue weighted by atomic mass is 16.5. The third kappa shape index (κ3) is 1.79. The highest BCUT2D eigenvalue weighted by Gasteiger charge is 2.27. The number of nitrogens with zero attached hydrogens (tertiary/aromatic N) is 1. The summed E-state index contributed by atoms with van der Waals surface area (Å²) in [5.41, 5.74) is 0. The predicted molar refractivity (Wildman–Crippen MR) is 48.3 cm³/mol. The van der Waals surface area contributed by atoms with Crippen LogP contribution in [-0.4, -0.2) is 49.8 Å². The van der Waals surface area contributed by atoms with Crippen molar-refractivity contribution >= 4 is 0 Å². The van der Waals surface area contributed by atoms with E-state index in [1.807, 2.05) is 0 Å². The Labute approximate surface area is 74.1 Å². The Balaban J connectivity index is 1.94. The molecule has 0 aromatic heterocycles. The maximum absolute atomic E-state index is 5.62. The Morgan fingerprint density at radius 2 is 2.42 bits per heavy atom. The summed E-state index contributed by atoms with van der Waals surface area (Å²) in [5.74, 6) is 0. The molecule has 70 valence electrons. The summed E-state index contributed by atoms with van der Waals surface area (Å²) in [4.78, 5) is 2.56. The zero-order chi connectivity index (χ0) is 8.39. The minimum atomic E-state index is 0.430. The summed E-state index contributed by atoms with van der Waals surface area (Å²) in [6, 6.07) is 0.628. The molecule has 12 heavy (non-hydrogen) atoms. The van der Waals surface area contributed by atoms with Gasteiger partial charge >= 0.3 is 0 Å². The molecule has 0 saturated carbocycles. The average molecular weight is 170 g/mol. The lowest BCUT2D eigenvalue weighted by Gasteiger charge is -2.37. The second-order valence-electron chi connectivity index (χ2n) is 3.85. The van der Waals surface area contributed by atoms with Gasteiger partial charge in [0.25, 0.3) is 0 Å². The Hall–Kier alpha value is -0.120. The standard InChI is InChI=1S/C9H18N2O/c1-8-6-11-4-2-3-10-5-9(11)7-12-8/h8-10H,2-7H2,1H3/t8-,9?/m1/s1. The van der Waals surface area contributed by atoms with Gasteiger partial charge in [0, 0.05) is 19.1 Å². The van der Waals surface area contributed by atoms with Crippen LogP contribution in [0.25, 0.3) is 0 Å². The number of fused-ring (bicyclic) bond motifs is 1. The van der Waals surface area contributed by atoms with Crippen LogP contribution >= 0.6 is 0 Å². The van der Waals surface area contributed by atoms with Gasteiger partial charge in [0.15, 0.2) is 0 Å². The first-order valence-electron chi connectivity index (χ1n) is 4.92. The van der Waals surface area contributed by atoms with Crippen molar-refractivity contribution in [3.8, 4) is 0 Å². The fourth-order valence-electron chi connectivity index (χ4n) is 2.05. The second kappa shape index (κ2) is 3.73. The highest BCUT2D eigenvalue weighted by Crippen LogP contribution is 2.12. The lowest BCUT2D eigenvalue weighted by Crippen LogP contribution is -2.51. The molecule has 3 nitrogen and oxygen atoms in total. The van der Waals surface area contributed by atoms with E-state index in [0.717, 1.165) is 19.7 Å². The SMILES string of the molecule is C[C@@H]1CN2CCCNCC2CO1. The van der Waals surface area contributed by atoms with Gasteiger partial charge in [-0.15, -0.1) is 0 Å². The van der Waals surface area contributed by atoms with E-state index in [0.29, 0.717) is 12.1 Å². The number of nitrogens with one attached hydrogen (secondary N) is 1. The van der Waals surface area contributed by atoms with Crippen LogP contribution in [0.4, 0.5) is 0 Å². The maximum atomic E-state index is 5.62. The van der Waals surface area contributed by atoms with Crippen molar-refractivity contribution in [3.05, 3.63) is 0 Å². The van der Waals surface area contributed by atoms with Gasteiger partial charge in [0.05, 0.1) is 12.7 Å². The van der Waals surface area contributed by atoms with Gasteiger partial charge in [-0.2, -0.15) is 0 Å². The van der Waals surface area contributed by atoms with Crippen LogP contribution in [-0.2, 0) is 4.74 Å². The van der Waals surface area contributed by atoms with Gasteiger partial charge in [0.2, 0.25) is 0 Å². The smallest absolute Gasteiger partial charge is 0.0674 e. The van der Waals surface area contributed by atoms with E-state index in [4.69, 9.17) is 4.74 Å². The maximum Gasteiger partial charge on any atom is 0.0674 e. The van der Waals surface area contributed by atoms with E-state index in [1.165, 1.54) is 19.5 Å². The molecule has 2 atom stereocenters. The summed E-state index contributed by atoms with van der Waals surface area (Å²) in [5, 5.41) is 3.44. The van der Waals surface area contributed by atoms with Crippen LogP contribution in [0, 0.1) is 0 Å². The molecule has 1 N–H and O–H groups in total. The number of ether oxygens (including phenoxy) is 1. The van der Waals surface area contributed by atoms with E-state index in [9.17, 15) is 0 Å². The van der Waals surface area contributed by atoms with Crippen LogP contribution in [0.5, 0.6) is 0 Å². The fraction of sp³-hybridized carbons (Fsp3) is 1.00. The predicted octanol–water partition coefficient (Wildman–Crippen LogP) is 0.0690. The molecule has 0 aromatic carbocycles. The van der Waals surface area contributed by atoms with Crippen molar-refractivity contribution in [2.75, 3.05) is 32.8 Å². The van der Waals surface area contributed by atoms with Gasteiger partial charge in [-0.25, -0.2) is 0 Å². The summed E-state index contributed by atoms with van der Waals surface area (Å²) >= 11 is 0. The van der Waals surface area contributed by atoms with Crippen molar-refractivity contribution in [1.29, 1.82) is 0 Å². The van der Waals surface area contributed by atoms with Crippen LogP contribution in [0.3, 0.4) is 0 Å². The van der Waals surface area contributed by atoms with Crippen LogP contribution in [0.2, 0.25) is 0 Å². The molecule has 0 bridgehead atoms. The zero-order valence-corrected chi connectivity index (χ0v) is 7.75. The molecular weight excluding hydrogens is 152 g/mol. The Morgan fingerprint density at radius 3 is 3.33 bits per heavy atom. The lowest BCUT2D eigenvalue weighted by molar-refractivity contribution is -0.0501. The van der Waals surface area contributed by atoms with Crippen LogP contribution in [0.15, 0.2) is 0 Å². The molecule has 0 radical (unpaired) electrons. The number of hydrogen-bond donors (Lipinski definition) is 1. The Bertz CT molecular complexity index is 151. The van der Waals surface area contributed by atoms with Crippen LogP contribution < -0.4 is 5.32 Å². The van der Waals surface area contributed by atoms with Crippen LogP contribution in [0.1, 0.15) is 13.3 Å². The van der Waals surface area contributed by atoms with E-state index >= 15 is 0 Å². The van der Waals surface area contributed by atoms with Gasteiger partial charge in [-0.3, -0.25) is 4.90 Å². The summed E-state index contributed by atoms with van der Waals surface area (Å²) in [6.07, 6.45) is 1.71. The zero-order valence-electron chi connectivity index (χ0n) is 7.75. The van der Waals surface area contributed by atoms with E-state index < -0.39 is 0 Å². The Kier molecular flexibility index (Phi) is 2.63. The van der Waals surface area contributed by atoms with Crippen molar-refractivity contribution in [3.63, 3.8) is 0 Å². The monoisotopic (exact) mass is 170 g/mol. The van der Waals surface area contributed by atoms with E-state index in [-0.39, 0.29) is 0 Å². The molecule has 2 rings (SSSR count). The number of morpholine rings is 1. The first-order valence-corrected chi connectivity index (χ1v) is 4.92. The first-order chi connectivity index (χ1) is 5.86. The summed E-state index contributed by atoms with van der Waals surface area (Å²) < 4.78 is 5.62. The molecule has 0 amide bonds. The minimum Gasteiger partial charge on any atom is -0.376 e. The molecule has 2 heterocycles. The second-order valence-corrected chi connectivity index (χ2v) is 3.85. The number of hydrogen-bond acceptors (Lipinski definition) is 3. The lowest BCUT2D eigenvalue weighted by atomic mass is 10.2. The van der Waals surface area contributed by atoms with E-state index in [1.54, 1.807) is 0 Å². The van der Waals surface area contributed by atoms with Gasteiger partial charge in [-0.05, 0) is 26.4 Å². The third-order valence-electron chi connectivity index (χ3n) is 2.76. The average Bonchev–Trinajstić information content (AvgIpc) is 2.28. The van der Waals surface area contributed by atoms with Gasteiger partial charge in [0.1, 0.15) is 0 Å². The normalized spacial score (nSPS) is 38.8. The largest absolute Gasteiger partial charge is 0.376 e. The Morgan fingerprint density at radius 1 is 1.50 bits per heavy atom. The molecule has 2 aliphatic rings. The molecule has 0 spiro atoms. The first kappa shape index (κ1) is 8.48.